The average Bonchev–Trinajstić information content (AvgIpc) is 3.26. The van der Waals surface area contributed by atoms with Crippen LogP contribution in [0.25, 0.3) is 11.3 Å². The zero-order valence-electron chi connectivity index (χ0n) is 18.3. The van der Waals surface area contributed by atoms with Crippen LogP contribution in [0.5, 0.6) is 5.75 Å². The molecule has 0 amide bonds. The summed E-state index contributed by atoms with van der Waals surface area (Å²) in [6, 6.07) is 15.6. The molecule has 34 heavy (non-hydrogen) atoms. The zero-order chi connectivity index (χ0) is 23.8. The van der Waals surface area contributed by atoms with E-state index in [9.17, 15) is 8.78 Å². The summed E-state index contributed by atoms with van der Waals surface area (Å²) in [4.78, 5) is 7.80. The van der Waals surface area contributed by atoms with E-state index >= 15 is 0 Å². The van der Waals surface area contributed by atoms with Crippen molar-refractivity contribution in [2.24, 2.45) is 10.1 Å². The molecule has 1 aliphatic rings. The van der Waals surface area contributed by atoms with Gasteiger partial charge in [0.25, 0.3) is 0 Å². The van der Waals surface area contributed by atoms with Gasteiger partial charge < -0.3 is 9.47 Å². The highest BCUT2D eigenvalue weighted by Gasteiger charge is 2.11. The quantitative estimate of drug-likeness (QED) is 0.457. The number of morpholine rings is 1. The second kappa shape index (κ2) is 11.7. The van der Waals surface area contributed by atoms with E-state index in [0.717, 1.165) is 54.5 Å². The van der Waals surface area contributed by atoms with Crippen molar-refractivity contribution in [2.75, 3.05) is 39.4 Å². The van der Waals surface area contributed by atoms with Crippen LogP contribution in [0.3, 0.4) is 0 Å². The highest BCUT2D eigenvalue weighted by Crippen LogP contribution is 2.24. The van der Waals surface area contributed by atoms with Crippen LogP contribution in [0.2, 0.25) is 0 Å². The van der Waals surface area contributed by atoms with Gasteiger partial charge in [0.2, 0.25) is 4.80 Å². The molecule has 0 saturated carbocycles. The number of nitrogens with zero attached hydrogens (tertiary/aromatic N) is 5. The molecule has 0 atom stereocenters. The summed E-state index contributed by atoms with van der Waals surface area (Å²) >= 11 is 1.46. The smallest absolute Gasteiger partial charge is 0.387 e. The van der Waals surface area contributed by atoms with Crippen molar-refractivity contribution in [2.45, 2.75) is 6.61 Å². The molecule has 2 aromatic carbocycles. The largest absolute Gasteiger partial charge is 0.435 e. The lowest BCUT2D eigenvalue weighted by atomic mass is 10.1. The van der Waals surface area contributed by atoms with Gasteiger partial charge in [0.1, 0.15) is 5.75 Å². The fraction of sp³-hybridized carbons (Fsp3) is 0.292. The third-order valence-corrected chi connectivity index (χ3v) is 6.04. The summed E-state index contributed by atoms with van der Waals surface area (Å²) in [5.41, 5.74) is 2.99. The van der Waals surface area contributed by atoms with Crippen molar-refractivity contribution in [3.63, 3.8) is 0 Å². The second-order valence-corrected chi connectivity index (χ2v) is 8.27. The van der Waals surface area contributed by atoms with Crippen molar-refractivity contribution in [3.8, 4) is 23.1 Å². The van der Waals surface area contributed by atoms with E-state index in [1.165, 1.54) is 23.5 Å². The van der Waals surface area contributed by atoms with Crippen LogP contribution in [0, 0.1) is 11.3 Å². The maximum absolute atomic E-state index is 12.5. The van der Waals surface area contributed by atoms with Crippen LogP contribution in [0.4, 0.5) is 8.78 Å². The van der Waals surface area contributed by atoms with Gasteiger partial charge in [-0.3, -0.25) is 9.89 Å². The van der Waals surface area contributed by atoms with E-state index in [2.05, 4.69) is 20.8 Å². The predicted molar refractivity (Wildman–Crippen MR) is 126 cm³/mol. The molecule has 1 aromatic heterocycles. The molecule has 0 unspecified atom stereocenters. The maximum atomic E-state index is 12.5. The van der Waals surface area contributed by atoms with Crippen LogP contribution < -0.4 is 9.54 Å². The van der Waals surface area contributed by atoms with Crippen molar-refractivity contribution in [3.05, 3.63) is 69.8 Å². The number of thiazole rings is 1. The van der Waals surface area contributed by atoms with Crippen molar-refractivity contribution in [1.82, 2.24) is 9.58 Å². The van der Waals surface area contributed by atoms with Crippen LogP contribution in [0.1, 0.15) is 11.1 Å². The Bertz CT molecular complexity index is 1210. The number of nitriles is 1. The van der Waals surface area contributed by atoms with Gasteiger partial charge in [0, 0.05) is 30.6 Å². The molecule has 1 saturated heterocycles. The summed E-state index contributed by atoms with van der Waals surface area (Å²) in [5.74, 6) is 0.0945. The topological polar surface area (TPSA) is 75.1 Å². The van der Waals surface area contributed by atoms with Gasteiger partial charge in [-0.05, 0) is 42.0 Å². The van der Waals surface area contributed by atoms with E-state index in [-0.39, 0.29) is 5.75 Å². The van der Waals surface area contributed by atoms with Gasteiger partial charge >= 0.3 is 6.61 Å². The normalized spacial score (nSPS) is 15.2. The minimum atomic E-state index is -2.87. The van der Waals surface area contributed by atoms with Crippen molar-refractivity contribution < 1.29 is 18.3 Å². The molecular weight excluding hydrogens is 460 g/mol. The number of halogens is 2. The van der Waals surface area contributed by atoms with E-state index in [4.69, 9.17) is 15.0 Å². The molecule has 0 N–H and O–H groups in total. The summed E-state index contributed by atoms with van der Waals surface area (Å²) in [6.07, 6.45) is 1.70. The number of alkyl halides is 2. The Kier molecular flexibility index (Phi) is 8.14. The highest BCUT2D eigenvalue weighted by molar-refractivity contribution is 7.07. The molecule has 176 valence electrons. The third-order valence-electron chi connectivity index (χ3n) is 5.19. The number of hydrogen-bond acceptors (Lipinski definition) is 7. The number of ether oxygens (including phenoxy) is 2. The fourth-order valence-corrected chi connectivity index (χ4v) is 4.27. The predicted octanol–water partition coefficient (Wildman–Crippen LogP) is 3.80. The molecule has 2 heterocycles. The first-order chi connectivity index (χ1) is 16.6. The first-order valence-corrected chi connectivity index (χ1v) is 11.6. The van der Waals surface area contributed by atoms with Crippen molar-refractivity contribution in [1.29, 1.82) is 5.26 Å². The average molecular weight is 484 g/mol. The van der Waals surface area contributed by atoms with Crippen LogP contribution in [-0.2, 0) is 4.74 Å². The lowest BCUT2D eigenvalue weighted by Crippen LogP contribution is -2.38. The summed E-state index contributed by atoms with van der Waals surface area (Å²) in [6.45, 7) is 1.85. The summed E-state index contributed by atoms with van der Waals surface area (Å²) in [5, 5.41) is 15.6. The standard InChI is InChI=1S/C24H23F2N5O2S/c25-23(26)33-21-7-5-20(6-8-21)22-17-34-24(28-9-10-30-11-13-32-14-12-30)31(22)29-16-19-3-1-18(15-27)2-4-19/h1-8,16-17,23H,9-14H2. The Hall–Kier alpha value is -3.39. The van der Waals surface area contributed by atoms with E-state index in [1.54, 1.807) is 35.2 Å². The van der Waals surface area contributed by atoms with Crippen LogP contribution in [0.15, 0.2) is 64.0 Å². The lowest BCUT2D eigenvalue weighted by Gasteiger charge is -2.25. The first-order valence-electron chi connectivity index (χ1n) is 10.7. The highest BCUT2D eigenvalue weighted by atomic mass is 32.1. The SMILES string of the molecule is N#Cc1ccc(C=Nn2c(-c3ccc(OC(F)F)cc3)csc2=NCCN2CCOCC2)cc1. The monoisotopic (exact) mass is 483 g/mol. The minimum absolute atomic E-state index is 0.0945. The minimum Gasteiger partial charge on any atom is -0.435 e. The van der Waals surface area contributed by atoms with Gasteiger partial charge in [-0.15, -0.1) is 11.3 Å². The molecule has 10 heteroatoms. The lowest BCUT2D eigenvalue weighted by molar-refractivity contribution is -0.0498. The van der Waals surface area contributed by atoms with E-state index < -0.39 is 6.61 Å². The Morgan fingerprint density at radius 1 is 1.12 bits per heavy atom. The van der Waals surface area contributed by atoms with Crippen molar-refractivity contribution >= 4 is 17.6 Å². The Morgan fingerprint density at radius 2 is 1.85 bits per heavy atom. The molecule has 0 spiro atoms. The molecule has 0 radical (unpaired) electrons. The van der Waals surface area contributed by atoms with Gasteiger partial charge in [0.15, 0.2) is 0 Å². The molecule has 7 nitrogen and oxygen atoms in total. The van der Waals surface area contributed by atoms with Gasteiger partial charge in [-0.2, -0.15) is 19.1 Å². The third kappa shape index (κ3) is 6.35. The van der Waals surface area contributed by atoms with E-state index in [1.807, 2.05) is 17.5 Å². The Morgan fingerprint density at radius 3 is 2.53 bits per heavy atom. The number of aromatic nitrogens is 1. The van der Waals surface area contributed by atoms with Crippen LogP contribution >= 0.6 is 11.3 Å². The van der Waals surface area contributed by atoms with Gasteiger partial charge in [-0.1, -0.05) is 12.1 Å². The molecule has 0 bridgehead atoms. The molecule has 4 rings (SSSR count). The second-order valence-electron chi connectivity index (χ2n) is 7.43. The Labute approximate surface area is 199 Å². The molecular formula is C24H23F2N5O2S. The number of rotatable bonds is 8. The fourth-order valence-electron chi connectivity index (χ4n) is 3.40. The molecule has 3 aromatic rings. The number of benzene rings is 2. The first kappa shape index (κ1) is 23.8. The van der Waals surface area contributed by atoms with Crippen LogP contribution in [-0.4, -0.2) is 61.8 Å². The maximum Gasteiger partial charge on any atom is 0.387 e. The number of hydrogen-bond donors (Lipinski definition) is 0. The molecule has 1 fully saturated rings. The van der Waals surface area contributed by atoms with E-state index in [0.29, 0.717) is 12.1 Å². The molecule has 0 aliphatic carbocycles. The summed E-state index contributed by atoms with van der Waals surface area (Å²) in [7, 11) is 0. The van der Waals surface area contributed by atoms with Gasteiger partial charge in [0.05, 0.1) is 43.3 Å². The van der Waals surface area contributed by atoms with Gasteiger partial charge in [-0.25, -0.2) is 4.68 Å². The summed E-state index contributed by atoms with van der Waals surface area (Å²) < 4.78 is 36.6. The Balaban J connectivity index is 1.61. The zero-order valence-corrected chi connectivity index (χ0v) is 19.1. The molecule has 1 aliphatic heterocycles.